The molecule has 0 spiro atoms. The molecule has 3 rings (SSSR count). The quantitative estimate of drug-likeness (QED) is 0.250. The van der Waals surface area contributed by atoms with E-state index in [1.165, 1.54) is 43.2 Å². The molecule has 0 saturated heterocycles. The number of benzene rings is 3. The zero-order chi connectivity index (χ0) is 22.8. The largest absolute Gasteiger partial charge is 0.203 e. The number of halogens is 2. The highest BCUT2D eigenvalue weighted by Gasteiger charge is 2.15. The smallest absolute Gasteiger partial charge is 0.166 e. The first kappa shape index (κ1) is 24.2. The maximum atomic E-state index is 14.8. The Labute approximate surface area is 192 Å². The number of hydrogen-bond donors (Lipinski definition) is 0. The molecule has 0 N–H and O–H groups in total. The summed E-state index contributed by atoms with van der Waals surface area (Å²) in [4.78, 5) is 0. The van der Waals surface area contributed by atoms with Crippen molar-refractivity contribution in [1.82, 2.24) is 0 Å². The van der Waals surface area contributed by atoms with Gasteiger partial charge in [0, 0.05) is 5.56 Å². The van der Waals surface area contributed by atoms with Crippen LogP contribution < -0.4 is 0 Å². The van der Waals surface area contributed by atoms with Gasteiger partial charge in [0.1, 0.15) is 0 Å². The Morgan fingerprint density at radius 2 is 1.09 bits per heavy atom. The van der Waals surface area contributed by atoms with Crippen molar-refractivity contribution in [3.8, 4) is 11.1 Å². The zero-order valence-corrected chi connectivity index (χ0v) is 19.6. The van der Waals surface area contributed by atoms with Crippen molar-refractivity contribution in [3.63, 3.8) is 0 Å². The third-order valence-corrected chi connectivity index (χ3v) is 6.24. The number of unbranched alkanes of at least 4 members (excludes halogenated alkanes) is 4. The second kappa shape index (κ2) is 12.5. The van der Waals surface area contributed by atoms with Crippen LogP contribution in [0.15, 0.2) is 60.7 Å². The molecule has 0 radical (unpaired) electrons. The lowest BCUT2D eigenvalue weighted by atomic mass is 9.97. The SMILES string of the molecule is CCCCCCCc1ccc(CCc2ccc(-c3ccc(CCC)cc3)c(F)c2F)cc1. The van der Waals surface area contributed by atoms with E-state index in [4.69, 9.17) is 0 Å². The van der Waals surface area contributed by atoms with Gasteiger partial charge in [-0.15, -0.1) is 0 Å². The maximum absolute atomic E-state index is 14.8. The van der Waals surface area contributed by atoms with Crippen molar-refractivity contribution < 1.29 is 8.78 Å². The lowest BCUT2D eigenvalue weighted by Gasteiger charge is -2.10. The number of aryl methyl sites for hydroxylation is 4. The van der Waals surface area contributed by atoms with Crippen LogP contribution in [0.2, 0.25) is 0 Å². The molecule has 0 bridgehead atoms. The Balaban J connectivity index is 1.58. The summed E-state index contributed by atoms with van der Waals surface area (Å²) in [6, 6.07) is 19.8. The minimum absolute atomic E-state index is 0.331. The summed E-state index contributed by atoms with van der Waals surface area (Å²) in [6.07, 6.45) is 10.8. The van der Waals surface area contributed by atoms with Gasteiger partial charge in [-0.3, -0.25) is 0 Å². The molecule has 2 heteroatoms. The van der Waals surface area contributed by atoms with E-state index in [1.54, 1.807) is 12.1 Å². The van der Waals surface area contributed by atoms with Gasteiger partial charge in [-0.2, -0.15) is 0 Å². The van der Waals surface area contributed by atoms with Gasteiger partial charge in [0.2, 0.25) is 0 Å². The van der Waals surface area contributed by atoms with E-state index in [2.05, 4.69) is 38.1 Å². The summed E-state index contributed by atoms with van der Waals surface area (Å²) < 4.78 is 29.6. The molecule has 0 aliphatic rings. The molecular formula is C30H36F2. The van der Waals surface area contributed by atoms with Gasteiger partial charge in [-0.05, 0) is 59.9 Å². The standard InChI is InChI=1S/C30H36F2/c1-3-5-6-7-8-10-24-11-13-25(14-12-24)17-20-27-21-22-28(30(32)29(27)31)26-18-15-23(9-4-2)16-19-26/h11-16,18-19,21-22H,3-10,17,20H2,1-2H3. The highest BCUT2D eigenvalue weighted by molar-refractivity contribution is 5.65. The van der Waals surface area contributed by atoms with Crippen LogP contribution in [0.25, 0.3) is 11.1 Å². The first-order valence-electron chi connectivity index (χ1n) is 12.3. The Kier molecular flexibility index (Phi) is 9.46. The number of hydrogen-bond acceptors (Lipinski definition) is 0. The summed E-state index contributed by atoms with van der Waals surface area (Å²) in [7, 11) is 0. The van der Waals surface area contributed by atoms with Crippen molar-refractivity contribution >= 4 is 0 Å². The van der Waals surface area contributed by atoms with Crippen LogP contribution in [0.3, 0.4) is 0 Å². The normalized spacial score (nSPS) is 11.1. The van der Waals surface area contributed by atoms with Crippen LogP contribution in [0.1, 0.15) is 74.6 Å². The molecule has 32 heavy (non-hydrogen) atoms. The second-order valence-corrected chi connectivity index (χ2v) is 8.83. The van der Waals surface area contributed by atoms with E-state index in [0.29, 0.717) is 24.0 Å². The summed E-state index contributed by atoms with van der Waals surface area (Å²) in [5.41, 5.74) is 5.23. The molecule has 0 amide bonds. The van der Waals surface area contributed by atoms with Gasteiger partial charge >= 0.3 is 0 Å². The Bertz CT molecular complexity index is 955. The molecule has 0 aliphatic carbocycles. The molecule has 0 atom stereocenters. The van der Waals surface area contributed by atoms with E-state index >= 15 is 0 Å². The van der Waals surface area contributed by atoms with Crippen molar-refractivity contribution in [1.29, 1.82) is 0 Å². The first-order valence-corrected chi connectivity index (χ1v) is 12.3. The minimum atomic E-state index is -0.746. The molecule has 3 aromatic rings. The predicted octanol–water partition coefficient (Wildman–Crippen LogP) is 8.88. The molecule has 170 valence electrons. The predicted molar refractivity (Wildman–Crippen MR) is 132 cm³/mol. The highest BCUT2D eigenvalue weighted by Crippen LogP contribution is 2.27. The van der Waals surface area contributed by atoms with E-state index < -0.39 is 11.6 Å². The molecular weight excluding hydrogens is 398 g/mol. The number of rotatable bonds is 12. The van der Waals surface area contributed by atoms with Gasteiger partial charge in [0.15, 0.2) is 11.6 Å². The molecule has 0 aliphatic heterocycles. The van der Waals surface area contributed by atoms with E-state index in [-0.39, 0.29) is 0 Å². The lowest BCUT2D eigenvalue weighted by molar-refractivity contribution is 0.501. The molecule has 3 aromatic carbocycles. The molecule has 0 fully saturated rings. The molecule has 0 unspecified atom stereocenters. The van der Waals surface area contributed by atoms with Crippen molar-refractivity contribution in [2.24, 2.45) is 0 Å². The minimum Gasteiger partial charge on any atom is -0.203 e. The summed E-state index contributed by atoms with van der Waals surface area (Å²) >= 11 is 0. The highest BCUT2D eigenvalue weighted by atomic mass is 19.2. The Morgan fingerprint density at radius 3 is 1.75 bits per heavy atom. The van der Waals surface area contributed by atoms with Crippen LogP contribution in [0.4, 0.5) is 8.78 Å². The van der Waals surface area contributed by atoms with Crippen LogP contribution >= 0.6 is 0 Å². The van der Waals surface area contributed by atoms with E-state index in [9.17, 15) is 8.78 Å². The van der Waals surface area contributed by atoms with Gasteiger partial charge in [-0.25, -0.2) is 8.78 Å². The van der Waals surface area contributed by atoms with Crippen molar-refractivity contribution in [2.75, 3.05) is 0 Å². The second-order valence-electron chi connectivity index (χ2n) is 8.83. The third kappa shape index (κ3) is 6.76. The van der Waals surface area contributed by atoms with Crippen molar-refractivity contribution in [3.05, 3.63) is 94.6 Å². The fraction of sp³-hybridized carbons (Fsp3) is 0.400. The van der Waals surface area contributed by atoms with Gasteiger partial charge < -0.3 is 0 Å². The van der Waals surface area contributed by atoms with Crippen molar-refractivity contribution in [2.45, 2.75) is 78.1 Å². The summed E-state index contributed by atoms with van der Waals surface area (Å²) in [5, 5.41) is 0. The fourth-order valence-electron chi connectivity index (χ4n) is 4.23. The molecule has 0 heterocycles. The average molecular weight is 435 g/mol. The maximum Gasteiger partial charge on any atom is 0.166 e. The van der Waals surface area contributed by atoms with E-state index in [0.717, 1.165) is 30.4 Å². The zero-order valence-electron chi connectivity index (χ0n) is 19.6. The summed E-state index contributed by atoms with van der Waals surface area (Å²) in [5.74, 6) is -1.46. The van der Waals surface area contributed by atoms with Crippen LogP contribution in [0.5, 0.6) is 0 Å². The van der Waals surface area contributed by atoms with Crippen LogP contribution in [-0.2, 0) is 25.7 Å². The Morgan fingerprint density at radius 1 is 0.500 bits per heavy atom. The first-order chi connectivity index (χ1) is 15.6. The van der Waals surface area contributed by atoms with E-state index in [1.807, 2.05) is 24.3 Å². The van der Waals surface area contributed by atoms with Gasteiger partial charge in [0.05, 0.1) is 0 Å². The van der Waals surface area contributed by atoms with Crippen LogP contribution in [-0.4, -0.2) is 0 Å². The van der Waals surface area contributed by atoms with Gasteiger partial charge in [0.25, 0.3) is 0 Å². The Hall–Kier alpha value is -2.48. The van der Waals surface area contributed by atoms with Gasteiger partial charge in [-0.1, -0.05) is 107 Å². The third-order valence-electron chi connectivity index (χ3n) is 6.24. The topological polar surface area (TPSA) is 0 Å². The molecule has 0 nitrogen and oxygen atoms in total. The average Bonchev–Trinajstić information content (AvgIpc) is 2.82. The van der Waals surface area contributed by atoms with Crippen LogP contribution in [0, 0.1) is 11.6 Å². The lowest BCUT2D eigenvalue weighted by Crippen LogP contribution is -2.00. The summed E-state index contributed by atoms with van der Waals surface area (Å²) in [6.45, 7) is 4.37. The molecule has 0 saturated carbocycles. The molecule has 0 aromatic heterocycles. The monoisotopic (exact) mass is 434 g/mol. The fourth-order valence-corrected chi connectivity index (χ4v) is 4.23.